The van der Waals surface area contributed by atoms with Gasteiger partial charge in [0.25, 0.3) is 0 Å². The van der Waals surface area contributed by atoms with Gasteiger partial charge < -0.3 is 9.47 Å². The molecule has 2 atom stereocenters. The molecular weight excluding hydrogens is 300 g/mol. The summed E-state index contributed by atoms with van der Waals surface area (Å²) in [6.45, 7) is 1.95. The summed E-state index contributed by atoms with van der Waals surface area (Å²) in [5.74, 6) is -1.71. The van der Waals surface area contributed by atoms with Crippen molar-refractivity contribution in [1.82, 2.24) is 0 Å². The maximum Gasteiger partial charge on any atom is 0.320 e. The van der Waals surface area contributed by atoms with E-state index in [1.54, 1.807) is 12.1 Å². The highest BCUT2D eigenvalue weighted by atomic mass is 79.9. The van der Waals surface area contributed by atoms with Gasteiger partial charge in [0.05, 0.1) is 14.2 Å². The number of esters is 2. The summed E-state index contributed by atoms with van der Waals surface area (Å²) >= 11 is 3.19. The summed E-state index contributed by atoms with van der Waals surface area (Å²) in [5, 5.41) is 0. The molecule has 1 rings (SSSR count). The first-order valence-electron chi connectivity index (χ1n) is 5.37. The van der Waals surface area contributed by atoms with Crippen molar-refractivity contribution < 1.29 is 19.1 Å². The Morgan fingerprint density at radius 2 is 1.56 bits per heavy atom. The maximum absolute atomic E-state index is 11.8. The zero-order chi connectivity index (χ0) is 13.7. The third-order valence-electron chi connectivity index (χ3n) is 2.61. The van der Waals surface area contributed by atoms with Gasteiger partial charge in [0.2, 0.25) is 0 Å². The minimum Gasteiger partial charge on any atom is -0.469 e. The Kier molecular flexibility index (Phi) is 5.34. The van der Waals surface area contributed by atoms with E-state index in [9.17, 15) is 9.59 Å². The highest BCUT2D eigenvalue weighted by Gasteiger charge is 2.34. The van der Waals surface area contributed by atoms with Crippen LogP contribution in [0.3, 0.4) is 0 Å². The second kappa shape index (κ2) is 6.54. The minimum absolute atomic E-state index is 0.480. The van der Waals surface area contributed by atoms with Crippen molar-refractivity contribution in [1.29, 1.82) is 0 Å². The summed E-state index contributed by atoms with van der Waals surface area (Å²) in [5.41, 5.74) is 1.78. The molecule has 4 nitrogen and oxygen atoms in total. The molecule has 5 heteroatoms. The van der Waals surface area contributed by atoms with E-state index in [1.165, 1.54) is 14.2 Å². The quantitative estimate of drug-likeness (QED) is 0.631. The summed E-state index contributed by atoms with van der Waals surface area (Å²) in [4.78, 5) is 22.6. The van der Waals surface area contributed by atoms with Crippen molar-refractivity contribution >= 4 is 27.9 Å². The van der Waals surface area contributed by atoms with Crippen LogP contribution in [-0.4, -0.2) is 31.0 Å². The Hall–Kier alpha value is -1.36. The van der Waals surface area contributed by atoms with Crippen LogP contribution < -0.4 is 0 Å². The summed E-state index contributed by atoms with van der Waals surface area (Å²) in [6.07, 6.45) is 0. The second-order valence-corrected chi connectivity index (χ2v) is 4.82. The van der Waals surface area contributed by atoms with Crippen molar-refractivity contribution in [3.8, 4) is 0 Å². The third kappa shape index (κ3) is 3.32. The van der Waals surface area contributed by atoms with Crippen LogP contribution in [0.4, 0.5) is 0 Å². The zero-order valence-electron chi connectivity index (χ0n) is 10.5. The largest absolute Gasteiger partial charge is 0.469 e. The van der Waals surface area contributed by atoms with Crippen molar-refractivity contribution in [2.24, 2.45) is 0 Å². The molecule has 0 aliphatic heterocycles. The van der Waals surface area contributed by atoms with Crippen molar-refractivity contribution in [3.63, 3.8) is 0 Å². The van der Waals surface area contributed by atoms with Crippen LogP contribution >= 0.6 is 15.9 Å². The van der Waals surface area contributed by atoms with E-state index < -0.39 is 22.7 Å². The molecule has 1 aromatic carbocycles. The number of benzene rings is 1. The molecule has 0 N–H and O–H groups in total. The van der Waals surface area contributed by atoms with Gasteiger partial charge in [0.15, 0.2) is 0 Å². The average molecular weight is 315 g/mol. The SMILES string of the molecule is COC(=O)[C@@H](Br)[C@H](C(=O)OC)c1ccc(C)cc1. The molecule has 0 unspecified atom stereocenters. The molecule has 1 aromatic rings. The average Bonchev–Trinajstić information content (AvgIpc) is 2.39. The van der Waals surface area contributed by atoms with Gasteiger partial charge in [-0.15, -0.1) is 0 Å². The number of carbonyl (C=O) groups is 2. The molecular formula is C13H15BrO4. The van der Waals surface area contributed by atoms with Crippen LogP contribution in [0.25, 0.3) is 0 Å². The van der Waals surface area contributed by atoms with E-state index in [0.29, 0.717) is 5.56 Å². The number of rotatable bonds is 4. The molecule has 0 bridgehead atoms. The van der Waals surface area contributed by atoms with Gasteiger partial charge in [0, 0.05) is 0 Å². The van der Waals surface area contributed by atoms with E-state index in [4.69, 9.17) is 4.74 Å². The Morgan fingerprint density at radius 3 is 2.00 bits per heavy atom. The van der Waals surface area contributed by atoms with E-state index in [0.717, 1.165) is 5.56 Å². The smallest absolute Gasteiger partial charge is 0.320 e. The number of carbonyl (C=O) groups excluding carboxylic acids is 2. The van der Waals surface area contributed by atoms with Gasteiger partial charge in [0.1, 0.15) is 10.7 Å². The highest BCUT2D eigenvalue weighted by Crippen LogP contribution is 2.27. The monoisotopic (exact) mass is 314 g/mol. The molecule has 18 heavy (non-hydrogen) atoms. The number of hydrogen-bond acceptors (Lipinski definition) is 4. The maximum atomic E-state index is 11.8. The lowest BCUT2D eigenvalue weighted by Gasteiger charge is -2.19. The van der Waals surface area contributed by atoms with Crippen LogP contribution in [-0.2, 0) is 19.1 Å². The molecule has 0 fully saturated rings. The van der Waals surface area contributed by atoms with Crippen LogP contribution in [0.15, 0.2) is 24.3 Å². The van der Waals surface area contributed by atoms with E-state index >= 15 is 0 Å². The summed E-state index contributed by atoms with van der Waals surface area (Å²) in [7, 11) is 2.57. The van der Waals surface area contributed by atoms with Gasteiger partial charge >= 0.3 is 11.9 Å². The molecule has 0 saturated carbocycles. The molecule has 0 aromatic heterocycles. The summed E-state index contributed by atoms with van der Waals surface area (Å²) < 4.78 is 9.38. The van der Waals surface area contributed by atoms with Crippen molar-refractivity contribution in [2.45, 2.75) is 17.7 Å². The Morgan fingerprint density at radius 1 is 1.06 bits per heavy atom. The number of ether oxygens (including phenoxy) is 2. The predicted octanol–water partition coefficient (Wildman–Crippen LogP) is 2.19. The molecule has 98 valence electrons. The first-order valence-corrected chi connectivity index (χ1v) is 6.29. The lowest BCUT2D eigenvalue weighted by molar-refractivity contribution is -0.148. The molecule has 0 saturated heterocycles. The Labute approximate surface area is 114 Å². The van der Waals surface area contributed by atoms with Gasteiger partial charge in [-0.3, -0.25) is 9.59 Å². The minimum atomic E-state index is -0.766. The molecule has 0 aliphatic carbocycles. The molecule has 0 amide bonds. The number of methoxy groups -OCH3 is 2. The topological polar surface area (TPSA) is 52.6 Å². The van der Waals surface area contributed by atoms with E-state index in [1.807, 2.05) is 19.1 Å². The second-order valence-electron chi connectivity index (χ2n) is 3.84. The lowest BCUT2D eigenvalue weighted by Crippen LogP contribution is -2.30. The number of hydrogen-bond donors (Lipinski definition) is 0. The van der Waals surface area contributed by atoms with Crippen LogP contribution in [0.1, 0.15) is 17.0 Å². The van der Waals surface area contributed by atoms with Crippen LogP contribution in [0.5, 0.6) is 0 Å². The number of aryl methyl sites for hydroxylation is 1. The first kappa shape index (κ1) is 14.7. The first-order chi connectivity index (χ1) is 8.51. The standard InChI is InChI=1S/C13H15BrO4/c1-8-4-6-9(7-5-8)10(12(15)17-2)11(14)13(16)18-3/h4-7,10-11H,1-3H3/t10-,11+/m1/s1. The lowest BCUT2D eigenvalue weighted by atomic mass is 9.95. The van der Waals surface area contributed by atoms with Gasteiger partial charge in [-0.1, -0.05) is 45.8 Å². The highest BCUT2D eigenvalue weighted by molar-refractivity contribution is 9.10. The molecule has 0 heterocycles. The predicted molar refractivity (Wildman–Crippen MR) is 70.7 cm³/mol. The molecule has 0 aliphatic rings. The Balaban J connectivity index is 3.09. The zero-order valence-corrected chi connectivity index (χ0v) is 12.1. The number of halogens is 1. The fourth-order valence-electron chi connectivity index (χ4n) is 1.57. The van der Waals surface area contributed by atoms with E-state index in [-0.39, 0.29) is 0 Å². The summed E-state index contributed by atoms with van der Waals surface area (Å²) in [6, 6.07) is 7.35. The van der Waals surface area contributed by atoms with Crippen molar-refractivity contribution in [2.75, 3.05) is 14.2 Å². The molecule has 0 radical (unpaired) electrons. The molecule has 0 spiro atoms. The fraction of sp³-hybridized carbons (Fsp3) is 0.385. The van der Waals surface area contributed by atoms with Gasteiger partial charge in [-0.05, 0) is 12.5 Å². The Bertz CT molecular complexity index is 427. The fourth-order valence-corrected chi connectivity index (χ4v) is 2.28. The van der Waals surface area contributed by atoms with Crippen molar-refractivity contribution in [3.05, 3.63) is 35.4 Å². The third-order valence-corrected chi connectivity index (χ3v) is 3.51. The van der Waals surface area contributed by atoms with Crippen LogP contribution in [0, 0.1) is 6.92 Å². The van der Waals surface area contributed by atoms with Gasteiger partial charge in [-0.2, -0.15) is 0 Å². The number of alkyl halides is 1. The van der Waals surface area contributed by atoms with Crippen LogP contribution in [0.2, 0.25) is 0 Å². The van der Waals surface area contributed by atoms with E-state index in [2.05, 4.69) is 20.7 Å². The van der Waals surface area contributed by atoms with Gasteiger partial charge in [-0.25, -0.2) is 0 Å². The normalized spacial score (nSPS) is 13.6.